The third-order valence-corrected chi connectivity index (χ3v) is 5.07. The summed E-state index contributed by atoms with van der Waals surface area (Å²) in [5.41, 5.74) is 6.21. The van der Waals surface area contributed by atoms with Gasteiger partial charge in [-0.15, -0.1) is 0 Å². The summed E-state index contributed by atoms with van der Waals surface area (Å²) in [6.45, 7) is 3.90. The van der Waals surface area contributed by atoms with Crippen LogP contribution >= 0.6 is 0 Å². The molecule has 1 heterocycles. The maximum atomic E-state index is 11.0. The number of aromatic nitrogens is 1. The molecule has 0 aliphatic rings. The van der Waals surface area contributed by atoms with Gasteiger partial charge in [-0.1, -0.05) is 42.5 Å². The normalized spacial score (nSPS) is 11.0. The molecule has 0 radical (unpaired) electrons. The van der Waals surface area contributed by atoms with Crippen molar-refractivity contribution in [1.82, 2.24) is 4.98 Å². The predicted octanol–water partition coefficient (Wildman–Crippen LogP) is 5.79. The van der Waals surface area contributed by atoms with E-state index in [2.05, 4.69) is 41.5 Å². The number of rotatable bonds is 6. The number of H-pyrrole nitrogens is 1. The SMILES string of the molecule is Cc1cc(CC(=O)O)cc(C)c1Oc1ccc2[nH]cc(Cc3ccccc3)c2c1. The molecule has 146 valence electrons. The van der Waals surface area contributed by atoms with Gasteiger partial charge in [0.1, 0.15) is 11.5 Å². The van der Waals surface area contributed by atoms with Crippen LogP contribution in [0.5, 0.6) is 11.5 Å². The standard InChI is InChI=1S/C25H23NO3/c1-16-10-19(13-24(27)28)11-17(2)25(16)29-21-8-9-23-22(14-21)20(15-26-23)12-18-6-4-3-5-7-18/h3-11,14-15,26H,12-13H2,1-2H3,(H,27,28). The van der Waals surface area contributed by atoms with E-state index in [0.29, 0.717) is 0 Å². The highest BCUT2D eigenvalue weighted by molar-refractivity contribution is 5.85. The first-order valence-electron chi connectivity index (χ1n) is 9.63. The molecule has 0 bridgehead atoms. The summed E-state index contributed by atoms with van der Waals surface area (Å²) < 4.78 is 6.22. The summed E-state index contributed by atoms with van der Waals surface area (Å²) >= 11 is 0. The topological polar surface area (TPSA) is 62.3 Å². The van der Waals surface area contributed by atoms with Gasteiger partial charge in [0.2, 0.25) is 0 Å². The zero-order valence-corrected chi connectivity index (χ0v) is 16.5. The fourth-order valence-electron chi connectivity index (χ4n) is 3.78. The largest absolute Gasteiger partial charge is 0.481 e. The molecule has 3 aromatic carbocycles. The van der Waals surface area contributed by atoms with Crippen LogP contribution in [0.2, 0.25) is 0 Å². The van der Waals surface area contributed by atoms with E-state index in [4.69, 9.17) is 9.84 Å². The van der Waals surface area contributed by atoms with Gasteiger partial charge in [0.05, 0.1) is 6.42 Å². The van der Waals surface area contributed by atoms with Gasteiger partial charge in [-0.05, 0) is 66.3 Å². The van der Waals surface area contributed by atoms with E-state index < -0.39 is 5.97 Å². The van der Waals surface area contributed by atoms with Crippen LogP contribution in [0.15, 0.2) is 66.9 Å². The lowest BCUT2D eigenvalue weighted by Gasteiger charge is -2.14. The van der Waals surface area contributed by atoms with E-state index in [1.807, 2.05) is 44.2 Å². The average Bonchev–Trinajstić information content (AvgIpc) is 3.07. The van der Waals surface area contributed by atoms with E-state index in [0.717, 1.165) is 45.5 Å². The lowest BCUT2D eigenvalue weighted by molar-refractivity contribution is -0.136. The number of hydrogen-bond donors (Lipinski definition) is 2. The second kappa shape index (κ2) is 7.84. The van der Waals surface area contributed by atoms with Crippen molar-refractivity contribution in [3.63, 3.8) is 0 Å². The van der Waals surface area contributed by atoms with Gasteiger partial charge in [0, 0.05) is 17.1 Å². The minimum atomic E-state index is -0.832. The highest BCUT2D eigenvalue weighted by Gasteiger charge is 2.12. The molecular weight excluding hydrogens is 362 g/mol. The maximum absolute atomic E-state index is 11.0. The summed E-state index contributed by atoms with van der Waals surface area (Å²) in [6, 6.07) is 20.2. The van der Waals surface area contributed by atoms with Crippen LogP contribution < -0.4 is 4.74 Å². The van der Waals surface area contributed by atoms with Crippen LogP contribution in [0.25, 0.3) is 10.9 Å². The van der Waals surface area contributed by atoms with Crippen molar-refractivity contribution in [2.24, 2.45) is 0 Å². The van der Waals surface area contributed by atoms with Crippen LogP contribution in [-0.4, -0.2) is 16.1 Å². The Morgan fingerprint density at radius 1 is 0.966 bits per heavy atom. The van der Waals surface area contributed by atoms with E-state index in [-0.39, 0.29) is 6.42 Å². The number of aliphatic carboxylic acids is 1. The molecule has 4 nitrogen and oxygen atoms in total. The Morgan fingerprint density at radius 3 is 2.38 bits per heavy atom. The number of carbonyl (C=O) groups is 1. The minimum absolute atomic E-state index is 0.0140. The van der Waals surface area contributed by atoms with Crippen molar-refractivity contribution in [2.45, 2.75) is 26.7 Å². The van der Waals surface area contributed by atoms with Gasteiger partial charge in [-0.2, -0.15) is 0 Å². The first kappa shape index (κ1) is 18.8. The smallest absolute Gasteiger partial charge is 0.307 e. The Balaban J connectivity index is 1.63. The third-order valence-electron chi connectivity index (χ3n) is 5.07. The average molecular weight is 385 g/mol. The lowest BCUT2D eigenvalue weighted by Crippen LogP contribution is -2.02. The zero-order valence-electron chi connectivity index (χ0n) is 16.5. The fourth-order valence-corrected chi connectivity index (χ4v) is 3.78. The van der Waals surface area contributed by atoms with E-state index in [9.17, 15) is 4.79 Å². The number of aromatic amines is 1. The molecule has 0 amide bonds. The molecule has 0 aliphatic carbocycles. The molecular formula is C25H23NO3. The van der Waals surface area contributed by atoms with Crippen LogP contribution in [0.4, 0.5) is 0 Å². The van der Waals surface area contributed by atoms with Gasteiger partial charge in [0.25, 0.3) is 0 Å². The van der Waals surface area contributed by atoms with E-state index >= 15 is 0 Å². The molecule has 0 fully saturated rings. The Hall–Kier alpha value is -3.53. The van der Waals surface area contributed by atoms with Crippen LogP contribution in [-0.2, 0) is 17.6 Å². The summed E-state index contributed by atoms with van der Waals surface area (Å²) in [5, 5.41) is 10.2. The summed E-state index contributed by atoms with van der Waals surface area (Å²) in [7, 11) is 0. The summed E-state index contributed by atoms with van der Waals surface area (Å²) in [4.78, 5) is 14.3. The number of fused-ring (bicyclic) bond motifs is 1. The molecule has 0 unspecified atom stereocenters. The first-order valence-corrected chi connectivity index (χ1v) is 9.63. The van der Waals surface area contributed by atoms with Crippen LogP contribution in [0.3, 0.4) is 0 Å². The van der Waals surface area contributed by atoms with Gasteiger partial charge < -0.3 is 14.8 Å². The number of carboxylic acid groups (broad SMARTS) is 1. The molecule has 0 saturated heterocycles. The predicted molar refractivity (Wildman–Crippen MR) is 115 cm³/mol. The zero-order chi connectivity index (χ0) is 20.4. The second-order valence-corrected chi connectivity index (χ2v) is 7.41. The van der Waals surface area contributed by atoms with Gasteiger partial charge >= 0.3 is 5.97 Å². The van der Waals surface area contributed by atoms with Crippen LogP contribution in [0, 0.1) is 13.8 Å². The van der Waals surface area contributed by atoms with Gasteiger partial charge in [-0.25, -0.2) is 0 Å². The Labute approximate surface area is 169 Å². The van der Waals surface area contributed by atoms with Crippen molar-refractivity contribution in [3.8, 4) is 11.5 Å². The number of hydrogen-bond acceptors (Lipinski definition) is 2. The molecule has 0 saturated carbocycles. The van der Waals surface area contributed by atoms with Crippen molar-refractivity contribution < 1.29 is 14.6 Å². The second-order valence-electron chi connectivity index (χ2n) is 7.41. The summed E-state index contributed by atoms with van der Waals surface area (Å²) in [6.07, 6.45) is 2.92. The number of nitrogens with one attached hydrogen (secondary N) is 1. The van der Waals surface area contributed by atoms with Crippen molar-refractivity contribution in [2.75, 3.05) is 0 Å². The molecule has 4 aromatic rings. The number of ether oxygens (including phenoxy) is 1. The molecule has 0 atom stereocenters. The lowest BCUT2D eigenvalue weighted by atomic mass is 10.0. The quantitative estimate of drug-likeness (QED) is 0.441. The fraction of sp³-hybridized carbons (Fsp3) is 0.160. The van der Waals surface area contributed by atoms with Crippen molar-refractivity contribution in [3.05, 3.63) is 94.7 Å². The third kappa shape index (κ3) is 4.16. The molecule has 4 rings (SSSR count). The van der Waals surface area contributed by atoms with E-state index in [1.54, 1.807) is 0 Å². The Bertz CT molecular complexity index is 1150. The van der Waals surface area contributed by atoms with Crippen LogP contribution in [0.1, 0.15) is 27.8 Å². The highest BCUT2D eigenvalue weighted by atomic mass is 16.5. The number of carboxylic acids is 1. The Morgan fingerprint density at radius 2 is 1.69 bits per heavy atom. The monoisotopic (exact) mass is 385 g/mol. The van der Waals surface area contributed by atoms with Gasteiger partial charge in [0.15, 0.2) is 0 Å². The summed E-state index contributed by atoms with van der Waals surface area (Å²) in [5.74, 6) is 0.712. The first-order chi connectivity index (χ1) is 14.0. The minimum Gasteiger partial charge on any atom is -0.481 e. The Kier molecular flexibility index (Phi) is 5.09. The van der Waals surface area contributed by atoms with E-state index in [1.165, 1.54) is 11.1 Å². The molecule has 0 spiro atoms. The number of benzene rings is 3. The molecule has 2 N–H and O–H groups in total. The molecule has 0 aliphatic heterocycles. The van der Waals surface area contributed by atoms with Crippen molar-refractivity contribution in [1.29, 1.82) is 0 Å². The van der Waals surface area contributed by atoms with Gasteiger partial charge in [-0.3, -0.25) is 4.79 Å². The molecule has 4 heteroatoms. The highest BCUT2D eigenvalue weighted by Crippen LogP contribution is 2.33. The maximum Gasteiger partial charge on any atom is 0.307 e. The molecule has 29 heavy (non-hydrogen) atoms. The van der Waals surface area contributed by atoms with Crippen molar-refractivity contribution >= 4 is 16.9 Å². The number of aryl methyl sites for hydroxylation is 2. The molecule has 1 aromatic heterocycles.